The van der Waals surface area contributed by atoms with Gasteiger partial charge in [-0.2, -0.15) is 0 Å². The third kappa shape index (κ3) is 3.42. The molecule has 8 heteroatoms. The number of carboxylic acids is 1. The number of carboxylic acid groups (broad SMARTS) is 1. The molecule has 0 saturated heterocycles. The van der Waals surface area contributed by atoms with E-state index in [9.17, 15) is 14.4 Å². The van der Waals surface area contributed by atoms with Gasteiger partial charge in [-0.3, -0.25) is 9.36 Å². The SMILES string of the molecule is COc1ccc(CCn2c(=O)[nH]cc(C(=O)O)c2=O)cc1OC. The zero-order chi connectivity index (χ0) is 17.0. The number of H-pyrrole nitrogens is 1. The minimum absolute atomic E-state index is 0.0464. The summed E-state index contributed by atoms with van der Waals surface area (Å²) >= 11 is 0. The molecule has 8 nitrogen and oxygen atoms in total. The summed E-state index contributed by atoms with van der Waals surface area (Å²) in [5, 5.41) is 8.93. The number of hydrogen-bond acceptors (Lipinski definition) is 5. The summed E-state index contributed by atoms with van der Waals surface area (Å²) in [4.78, 5) is 36.9. The van der Waals surface area contributed by atoms with Crippen LogP contribution in [0.1, 0.15) is 15.9 Å². The number of carbonyl (C=O) groups is 1. The molecule has 0 bridgehead atoms. The molecule has 1 aromatic heterocycles. The van der Waals surface area contributed by atoms with Crippen LogP contribution >= 0.6 is 0 Å². The van der Waals surface area contributed by atoms with E-state index in [-0.39, 0.29) is 6.54 Å². The average molecular weight is 320 g/mol. The van der Waals surface area contributed by atoms with E-state index in [0.29, 0.717) is 17.9 Å². The van der Waals surface area contributed by atoms with Crippen molar-refractivity contribution in [1.82, 2.24) is 9.55 Å². The summed E-state index contributed by atoms with van der Waals surface area (Å²) in [6.45, 7) is 0.0464. The molecule has 0 fully saturated rings. The highest BCUT2D eigenvalue weighted by Gasteiger charge is 2.13. The van der Waals surface area contributed by atoms with E-state index >= 15 is 0 Å². The first kappa shape index (κ1) is 16.3. The van der Waals surface area contributed by atoms with Crippen LogP contribution in [-0.2, 0) is 13.0 Å². The highest BCUT2D eigenvalue weighted by atomic mass is 16.5. The predicted molar refractivity (Wildman–Crippen MR) is 81.5 cm³/mol. The number of nitrogens with zero attached hydrogens (tertiary/aromatic N) is 1. The number of ether oxygens (including phenoxy) is 2. The fourth-order valence-electron chi connectivity index (χ4n) is 2.14. The molecule has 122 valence electrons. The fourth-order valence-corrected chi connectivity index (χ4v) is 2.14. The van der Waals surface area contributed by atoms with Gasteiger partial charge in [0.1, 0.15) is 5.56 Å². The Hall–Kier alpha value is -3.03. The van der Waals surface area contributed by atoms with E-state index in [1.165, 1.54) is 14.2 Å². The number of rotatable bonds is 6. The van der Waals surface area contributed by atoms with Crippen molar-refractivity contribution in [3.8, 4) is 11.5 Å². The molecule has 2 rings (SSSR count). The molecule has 0 saturated carbocycles. The highest BCUT2D eigenvalue weighted by Crippen LogP contribution is 2.27. The molecule has 0 aliphatic heterocycles. The Morgan fingerprint density at radius 3 is 2.52 bits per heavy atom. The Bertz CT molecular complexity index is 837. The van der Waals surface area contributed by atoms with Crippen LogP contribution in [0.3, 0.4) is 0 Å². The van der Waals surface area contributed by atoms with E-state index in [4.69, 9.17) is 14.6 Å². The zero-order valence-electron chi connectivity index (χ0n) is 12.7. The third-order valence-corrected chi connectivity index (χ3v) is 3.36. The number of methoxy groups -OCH3 is 2. The van der Waals surface area contributed by atoms with Gasteiger partial charge in [0, 0.05) is 12.7 Å². The van der Waals surface area contributed by atoms with E-state index in [1.54, 1.807) is 18.2 Å². The van der Waals surface area contributed by atoms with E-state index in [0.717, 1.165) is 16.3 Å². The standard InChI is InChI=1S/C15H16N2O6/c1-22-11-4-3-9(7-12(11)23-2)5-6-17-13(18)10(14(19)20)8-16-15(17)21/h3-4,7-8H,5-6H2,1-2H3,(H,16,21)(H,19,20). The quantitative estimate of drug-likeness (QED) is 0.801. The Balaban J connectivity index is 2.28. The molecule has 1 aromatic carbocycles. The molecule has 0 unspecified atom stereocenters. The lowest BCUT2D eigenvalue weighted by Gasteiger charge is -2.10. The van der Waals surface area contributed by atoms with Gasteiger partial charge in [-0.1, -0.05) is 6.07 Å². The van der Waals surface area contributed by atoms with Gasteiger partial charge in [-0.25, -0.2) is 9.59 Å². The molecule has 23 heavy (non-hydrogen) atoms. The van der Waals surface area contributed by atoms with Gasteiger partial charge in [-0.05, 0) is 24.1 Å². The number of aromatic nitrogens is 2. The van der Waals surface area contributed by atoms with Gasteiger partial charge >= 0.3 is 11.7 Å². The van der Waals surface area contributed by atoms with Gasteiger partial charge < -0.3 is 19.6 Å². The smallest absolute Gasteiger partial charge is 0.342 e. The second-order valence-corrected chi connectivity index (χ2v) is 4.71. The molecule has 0 aliphatic rings. The summed E-state index contributed by atoms with van der Waals surface area (Å²) in [5.74, 6) is -0.282. The van der Waals surface area contributed by atoms with Crippen molar-refractivity contribution in [2.24, 2.45) is 0 Å². The third-order valence-electron chi connectivity index (χ3n) is 3.36. The Morgan fingerprint density at radius 2 is 1.91 bits per heavy atom. The van der Waals surface area contributed by atoms with E-state index < -0.39 is 22.8 Å². The second-order valence-electron chi connectivity index (χ2n) is 4.71. The van der Waals surface area contributed by atoms with Gasteiger partial charge in [0.05, 0.1) is 14.2 Å². The molecule has 2 N–H and O–H groups in total. The molecule has 0 spiro atoms. The van der Waals surface area contributed by atoms with Crippen LogP contribution in [0.4, 0.5) is 0 Å². The molecular weight excluding hydrogens is 304 g/mol. The normalized spacial score (nSPS) is 10.3. The van der Waals surface area contributed by atoms with Crippen molar-refractivity contribution >= 4 is 5.97 Å². The first-order valence-corrected chi connectivity index (χ1v) is 6.74. The first-order chi connectivity index (χ1) is 11.0. The lowest BCUT2D eigenvalue weighted by Crippen LogP contribution is -2.38. The van der Waals surface area contributed by atoms with Crippen LogP contribution in [0.25, 0.3) is 0 Å². The molecular formula is C15H16N2O6. The second kappa shape index (κ2) is 6.82. The maximum absolute atomic E-state index is 12.0. The topological polar surface area (TPSA) is 111 Å². The molecule has 0 radical (unpaired) electrons. The number of hydrogen-bond donors (Lipinski definition) is 2. The zero-order valence-corrected chi connectivity index (χ0v) is 12.7. The van der Waals surface area contributed by atoms with Crippen LogP contribution in [0, 0.1) is 0 Å². The minimum atomic E-state index is -1.38. The van der Waals surface area contributed by atoms with Crippen molar-refractivity contribution < 1.29 is 19.4 Å². The van der Waals surface area contributed by atoms with Crippen molar-refractivity contribution in [2.45, 2.75) is 13.0 Å². The van der Waals surface area contributed by atoms with E-state index in [1.807, 2.05) is 0 Å². The number of aryl methyl sites for hydroxylation is 1. The van der Waals surface area contributed by atoms with Crippen molar-refractivity contribution in [3.05, 3.63) is 56.4 Å². The van der Waals surface area contributed by atoms with Crippen LogP contribution in [-0.4, -0.2) is 34.8 Å². The van der Waals surface area contributed by atoms with Gasteiger partial charge in [0.25, 0.3) is 5.56 Å². The summed E-state index contributed by atoms with van der Waals surface area (Å²) in [6.07, 6.45) is 1.26. The number of aromatic carboxylic acids is 1. The number of nitrogens with one attached hydrogen (secondary N) is 1. The fraction of sp³-hybridized carbons (Fsp3) is 0.267. The Morgan fingerprint density at radius 1 is 1.22 bits per heavy atom. The Kier molecular flexibility index (Phi) is 4.85. The summed E-state index contributed by atoms with van der Waals surface area (Å²) in [5.41, 5.74) is -1.14. The first-order valence-electron chi connectivity index (χ1n) is 6.74. The predicted octanol–water partition coefficient (Wildman–Crippen LogP) is 0.495. The maximum atomic E-state index is 12.0. The van der Waals surface area contributed by atoms with Crippen LogP contribution < -0.4 is 20.7 Å². The maximum Gasteiger partial charge on any atom is 0.342 e. The molecule has 1 heterocycles. The summed E-state index contributed by atoms with van der Waals surface area (Å²) < 4.78 is 11.2. The summed E-state index contributed by atoms with van der Waals surface area (Å²) in [7, 11) is 3.03. The minimum Gasteiger partial charge on any atom is -0.493 e. The van der Waals surface area contributed by atoms with Crippen LogP contribution in [0.15, 0.2) is 34.0 Å². The lowest BCUT2D eigenvalue weighted by molar-refractivity contribution is 0.0693. The van der Waals surface area contributed by atoms with Crippen molar-refractivity contribution in [2.75, 3.05) is 14.2 Å². The monoisotopic (exact) mass is 320 g/mol. The number of aromatic amines is 1. The van der Waals surface area contributed by atoms with E-state index in [2.05, 4.69) is 4.98 Å². The number of benzene rings is 1. The Labute approximate surface area is 130 Å². The molecule has 0 amide bonds. The molecule has 2 aromatic rings. The van der Waals surface area contributed by atoms with Gasteiger partial charge in [0.15, 0.2) is 11.5 Å². The van der Waals surface area contributed by atoms with Crippen molar-refractivity contribution in [1.29, 1.82) is 0 Å². The van der Waals surface area contributed by atoms with Gasteiger partial charge in [-0.15, -0.1) is 0 Å². The molecule has 0 aliphatic carbocycles. The average Bonchev–Trinajstić information content (AvgIpc) is 2.54. The largest absolute Gasteiger partial charge is 0.493 e. The lowest BCUT2D eigenvalue weighted by atomic mass is 10.1. The van der Waals surface area contributed by atoms with Crippen LogP contribution in [0.5, 0.6) is 11.5 Å². The highest BCUT2D eigenvalue weighted by molar-refractivity contribution is 5.86. The molecule has 0 atom stereocenters. The van der Waals surface area contributed by atoms with Crippen LogP contribution in [0.2, 0.25) is 0 Å². The summed E-state index contributed by atoms with van der Waals surface area (Å²) in [6, 6.07) is 5.23. The van der Waals surface area contributed by atoms with Crippen molar-refractivity contribution in [3.63, 3.8) is 0 Å². The van der Waals surface area contributed by atoms with Gasteiger partial charge in [0.2, 0.25) is 0 Å².